The number of Topliss-reactive ketones (excluding diaryl/α,β-unsaturated/α-hetero) is 2. The first-order valence-electron chi connectivity index (χ1n) is 6.53. The lowest BCUT2D eigenvalue weighted by molar-refractivity contribution is -0.124. The Bertz CT molecular complexity index is 510. The highest BCUT2D eigenvalue weighted by Gasteiger charge is 2.51. The van der Waals surface area contributed by atoms with Crippen LogP contribution in [-0.4, -0.2) is 40.9 Å². The molecule has 0 N–H and O–H groups in total. The van der Waals surface area contributed by atoms with Gasteiger partial charge in [0.25, 0.3) is 0 Å². The number of benzene rings is 1. The van der Waals surface area contributed by atoms with Gasteiger partial charge in [-0.1, -0.05) is 53.5 Å². The van der Waals surface area contributed by atoms with Gasteiger partial charge in [0.15, 0.2) is 5.78 Å². The first-order valence-corrected chi connectivity index (χ1v) is 7.29. The zero-order chi connectivity index (χ0) is 14.9. The minimum absolute atomic E-state index is 0.0113. The molecule has 0 spiro atoms. The fourth-order valence-electron chi connectivity index (χ4n) is 2.25. The minimum Gasteiger partial charge on any atom is -0.297 e. The number of hydrogen-bond donors (Lipinski definition) is 0. The van der Waals surface area contributed by atoms with Crippen LogP contribution in [0.3, 0.4) is 0 Å². The van der Waals surface area contributed by atoms with Crippen molar-refractivity contribution >= 4 is 34.8 Å². The number of hydrogen-bond acceptors (Lipinski definition) is 3. The van der Waals surface area contributed by atoms with Gasteiger partial charge in [0.05, 0.1) is 0 Å². The molecule has 1 fully saturated rings. The molecule has 1 unspecified atom stereocenters. The number of carbonyl (C=O) groups is 2. The first-order chi connectivity index (χ1) is 9.35. The summed E-state index contributed by atoms with van der Waals surface area (Å²) in [5.74, 6) is -0.499. The van der Waals surface area contributed by atoms with Crippen LogP contribution in [0.4, 0.5) is 0 Å². The Kier molecular flexibility index (Phi) is 4.52. The quantitative estimate of drug-likeness (QED) is 0.598. The van der Waals surface area contributed by atoms with Crippen molar-refractivity contribution in [1.29, 1.82) is 0 Å². The summed E-state index contributed by atoms with van der Waals surface area (Å²) < 4.78 is -1.77. The van der Waals surface area contributed by atoms with E-state index in [-0.39, 0.29) is 11.7 Å². The summed E-state index contributed by atoms with van der Waals surface area (Å²) in [6.07, 6.45) is 1.71. The molecular formula is C15H17Cl2NO2. The molecule has 1 atom stereocenters. The van der Waals surface area contributed by atoms with Crippen LogP contribution in [0.25, 0.3) is 0 Å². The number of alkyl halides is 2. The molecule has 0 heterocycles. The zero-order valence-corrected chi connectivity index (χ0v) is 13.0. The molecule has 0 aliphatic heterocycles. The number of likely N-dealkylation sites (N-methyl/N-ethyl adjacent to an activating group) is 1. The lowest BCUT2D eigenvalue weighted by Crippen LogP contribution is -2.53. The molecule has 2 rings (SSSR count). The maximum absolute atomic E-state index is 12.5. The molecule has 0 amide bonds. The van der Waals surface area contributed by atoms with Crippen molar-refractivity contribution in [3.8, 4) is 0 Å². The van der Waals surface area contributed by atoms with Crippen LogP contribution in [0, 0.1) is 5.92 Å². The fraction of sp³-hybridized carbons (Fsp3) is 0.467. The molecule has 20 heavy (non-hydrogen) atoms. The second kappa shape index (κ2) is 5.84. The smallest absolute Gasteiger partial charge is 0.202 e. The molecule has 1 aromatic rings. The molecule has 1 saturated carbocycles. The number of carbonyl (C=O) groups excluding carboxylic acids is 2. The Balaban J connectivity index is 2.30. The average molecular weight is 314 g/mol. The number of rotatable bonds is 6. The van der Waals surface area contributed by atoms with Crippen molar-refractivity contribution < 1.29 is 9.59 Å². The van der Waals surface area contributed by atoms with Gasteiger partial charge in [-0.2, -0.15) is 0 Å². The summed E-state index contributed by atoms with van der Waals surface area (Å²) in [5.41, 5.74) is 0.410. The standard InChI is InChI=1S/C15H17Cl2NO2/c1-18(2)13(12(19)10-8-9-10)15(16,17)14(20)11-6-4-3-5-7-11/h3-7,10,13H,8-9H2,1-2H3. The first kappa shape index (κ1) is 15.5. The monoisotopic (exact) mass is 313 g/mol. The van der Waals surface area contributed by atoms with Crippen molar-refractivity contribution in [2.45, 2.75) is 23.2 Å². The topological polar surface area (TPSA) is 37.4 Å². The van der Waals surface area contributed by atoms with Gasteiger partial charge in [0, 0.05) is 11.5 Å². The minimum atomic E-state index is -1.77. The summed E-state index contributed by atoms with van der Waals surface area (Å²) in [5, 5.41) is 0. The van der Waals surface area contributed by atoms with E-state index in [1.807, 2.05) is 0 Å². The maximum atomic E-state index is 12.5. The van der Waals surface area contributed by atoms with E-state index in [0.717, 1.165) is 12.8 Å². The average Bonchev–Trinajstić information content (AvgIpc) is 3.22. The molecule has 0 radical (unpaired) electrons. The third-order valence-corrected chi connectivity index (χ3v) is 4.20. The number of nitrogens with zero attached hydrogens (tertiary/aromatic N) is 1. The van der Waals surface area contributed by atoms with E-state index >= 15 is 0 Å². The lowest BCUT2D eigenvalue weighted by Gasteiger charge is -2.32. The molecule has 5 heteroatoms. The lowest BCUT2D eigenvalue weighted by atomic mass is 9.96. The summed E-state index contributed by atoms with van der Waals surface area (Å²) in [6, 6.07) is 7.76. The van der Waals surface area contributed by atoms with Crippen LogP contribution in [0.15, 0.2) is 30.3 Å². The van der Waals surface area contributed by atoms with Gasteiger partial charge in [-0.15, -0.1) is 0 Å². The van der Waals surface area contributed by atoms with E-state index in [0.29, 0.717) is 5.56 Å². The van der Waals surface area contributed by atoms with Crippen molar-refractivity contribution in [2.75, 3.05) is 14.1 Å². The predicted octanol–water partition coefficient (Wildman–Crippen LogP) is 2.95. The highest BCUT2D eigenvalue weighted by molar-refractivity contribution is 6.61. The number of halogens is 2. The van der Waals surface area contributed by atoms with Crippen LogP contribution in [0.2, 0.25) is 0 Å². The predicted molar refractivity (Wildman–Crippen MR) is 80.4 cm³/mol. The van der Waals surface area contributed by atoms with Crippen molar-refractivity contribution in [3.05, 3.63) is 35.9 Å². The molecule has 1 aliphatic rings. The Morgan fingerprint density at radius 1 is 1.20 bits per heavy atom. The molecule has 0 bridgehead atoms. The Labute approximate surface area is 128 Å². The molecule has 108 valence electrons. The third kappa shape index (κ3) is 3.05. The Morgan fingerprint density at radius 3 is 2.20 bits per heavy atom. The van der Waals surface area contributed by atoms with E-state index in [2.05, 4.69) is 0 Å². The van der Waals surface area contributed by atoms with E-state index in [1.54, 1.807) is 49.3 Å². The summed E-state index contributed by atoms with van der Waals surface area (Å²) >= 11 is 12.6. The third-order valence-electron chi connectivity index (χ3n) is 3.45. The largest absolute Gasteiger partial charge is 0.297 e. The van der Waals surface area contributed by atoms with Crippen LogP contribution in [0.1, 0.15) is 23.2 Å². The van der Waals surface area contributed by atoms with E-state index in [4.69, 9.17) is 23.2 Å². The van der Waals surface area contributed by atoms with Gasteiger partial charge >= 0.3 is 0 Å². The highest BCUT2D eigenvalue weighted by atomic mass is 35.5. The van der Waals surface area contributed by atoms with Crippen molar-refractivity contribution in [1.82, 2.24) is 4.90 Å². The van der Waals surface area contributed by atoms with Gasteiger partial charge in [-0.25, -0.2) is 0 Å². The van der Waals surface area contributed by atoms with Gasteiger partial charge in [0.2, 0.25) is 10.1 Å². The fourth-order valence-corrected chi connectivity index (χ4v) is 3.08. The molecule has 1 aliphatic carbocycles. The van der Waals surface area contributed by atoms with Crippen molar-refractivity contribution in [2.24, 2.45) is 5.92 Å². The molecule has 3 nitrogen and oxygen atoms in total. The second-order valence-electron chi connectivity index (χ2n) is 5.36. The Morgan fingerprint density at radius 2 is 1.75 bits per heavy atom. The summed E-state index contributed by atoms with van der Waals surface area (Å²) in [4.78, 5) is 26.5. The molecule has 1 aromatic carbocycles. The second-order valence-corrected chi connectivity index (χ2v) is 6.75. The normalized spacial score (nSPS) is 17.1. The summed E-state index contributed by atoms with van der Waals surface area (Å²) in [6.45, 7) is 0. The van der Waals surface area contributed by atoms with Crippen molar-refractivity contribution in [3.63, 3.8) is 0 Å². The van der Waals surface area contributed by atoms with Crippen LogP contribution in [-0.2, 0) is 4.79 Å². The van der Waals surface area contributed by atoms with E-state index in [9.17, 15) is 9.59 Å². The summed E-state index contributed by atoms with van der Waals surface area (Å²) in [7, 11) is 3.42. The molecular weight excluding hydrogens is 297 g/mol. The van der Waals surface area contributed by atoms with Gasteiger partial charge in [-0.05, 0) is 26.9 Å². The van der Waals surface area contributed by atoms with E-state index in [1.165, 1.54) is 0 Å². The molecule has 0 aromatic heterocycles. The highest BCUT2D eigenvalue weighted by Crippen LogP contribution is 2.39. The number of ketones is 2. The zero-order valence-electron chi connectivity index (χ0n) is 11.5. The Hall–Kier alpha value is -0.900. The van der Waals surface area contributed by atoms with Gasteiger partial charge in [-0.3, -0.25) is 14.5 Å². The van der Waals surface area contributed by atoms with Crippen LogP contribution >= 0.6 is 23.2 Å². The van der Waals surface area contributed by atoms with Crippen LogP contribution < -0.4 is 0 Å². The van der Waals surface area contributed by atoms with E-state index < -0.39 is 16.2 Å². The molecule has 0 saturated heterocycles. The van der Waals surface area contributed by atoms with Crippen LogP contribution in [0.5, 0.6) is 0 Å². The maximum Gasteiger partial charge on any atom is 0.202 e. The van der Waals surface area contributed by atoms with Gasteiger partial charge in [0.1, 0.15) is 6.04 Å². The SMILES string of the molecule is CN(C)C(C(=O)C1CC1)C(Cl)(Cl)C(=O)c1ccccc1. The van der Waals surface area contributed by atoms with Gasteiger partial charge < -0.3 is 0 Å².